The van der Waals surface area contributed by atoms with E-state index in [2.05, 4.69) is 10.3 Å². The molecule has 0 fully saturated rings. The van der Waals surface area contributed by atoms with Crippen molar-refractivity contribution in [2.45, 2.75) is 25.2 Å². The van der Waals surface area contributed by atoms with Crippen LogP contribution in [0.3, 0.4) is 0 Å². The molecule has 1 aliphatic heterocycles. The van der Waals surface area contributed by atoms with Gasteiger partial charge in [-0.3, -0.25) is 0 Å². The molecule has 19 heavy (non-hydrogen) atoms. The number of imidazole rings is 1. The number of aryl methyl sites for hydroxylation is 1. The van der Waals surface area contributed by atoms with Crippen molar-refractivity contribution in [2.75, 3.05) is 5.32 Å². The van der Waals surface area contributed by atoms with Gasteiger partial charge in [0.05, 0.1) is 11.6 Å². The maximum Gasteiger partial charge on any atom is 0.416 e. The molecule has 0 radical (unpaired) electrons. The number of hydrogen-bond donors (Lipinski definition) is 1. The molecule has 0 aliphatic carbocycles. The molecule has 100 valence electrons. The molecule has 2 heterocycles. The molecule has 1 aromatic heterocycles. The lowest BCUT2D eigenvalue weighted by Gasteiger charge is -2.27. The monoisotopic (exact) mass is 267 g/mol. The zero-order chi connectivity index (χ0) is 13.5. The predicted molar refractivity (Wildman–Crippen MR) is 64.7 cm³/mol. The molecule has 0 spiro atoms. The van der Waals surface area contributed by atoms with Crippen molar-refractivity contribution in [1.29, 1.82) is 0 Å². The second-order valence-electron chi connectivity index (χ2n) is 4.51. The summed E-state index contributed by atoms with van der Waals surface area (Å²) in [7, 11) is 0. The van der Waals surface area contributed by atoms with Crippen LogP contribution in [0.5, 0.6) is 0 Å². The summed E-state index contributed by atoms with van der Waals surface area (Å²) in [6.45, 7) is 0.666. The normalized spacial score (nSPS) is 18.8. The van der Waals surface area contributed by atoms with Crippen LogP contribution in [0.4, 0.5) is 19.1 Å². The first-order valence-electron chi connectivity index (χ1n) is 5.99. The maximum atomic E-state index is 13.0. The van der Waals surface area contributed by atoms with Gasteiger partial charge in [0.2, 0.25) is 5.95 Å². The lowest BCUT2D eigenvalue weighted by atomic mass is 9.97. The summed E-state index contributed by atoms with van der Waals surface area (Å²) >= 11 is 0. The molecule has 0 saturated carbocycles. The third kappa shape index (κ3) is 2.18. The van der Waals surface area contributed by atoms with E-state index in [1.165, 1.54) is 12.1 Å². The van der Waals surface area contributed by atoms with E-state index in [0.717, 1.165) is 6.07 Å². The fraction of sp³-hybridized carbons (Fsp3) is 0.308. The number of hydrogen-bond acceptors (Lipinski definition) is 2. The second-order valence-corrected chi connectivity index (χ2v) is 4.51. The van der Waals surface area contributed by atoms with E-state index in [4.69, 9.17) is 0 Å². The fourth-order valence-corrected chi connectivity index (χ4v) is 2.42. The Morgan fingerprint density at radius 3 is 2.84 bits per heavy atom. The van der Waals surface area contributed by atoms with Crippen molar-refractivity contribution in [3.63, 3.8) is 0 Å². The minimum Gasteiger partial charge on any atom is -0.349 e. The number of nitrogens with zero attached hydrogens (tertiary/aromatic N) is 2. The standard InChI is InChI=1S/C13H12F3N3/c14-13(15,16)10-4-2-1-3-9(10)11-5-7-19-8-6-17-12(19)18-11/h1-4,6,8,11H,5,7H2,(H,17,18). The molecule has 2 aromatic rings. The molecule has 0 amide bonds. The van der Waals surface area contributed by atoms with Gasteiger partial charge in [0.15, 0.2) is 0 Å². The van der Waals surface area contributed by atoms with Crippen LogP contribution in [0.2, 0.25) is 0 Å². The van der Waals surface area contributed by atoms with E-state index in [-0.39, 0.29) is 11.6 Å². The highest BCUT2D eigenvalue weighted by Crippen LogP contribution is 2.37. The first kappa shape index (κ1) is 12.1. The zero-order valence-electron chi connectivity index (χ0n) is 9.98. The van der Waals surface area contributed by atoms with Crippen LogP contribution in [0.15, 0.2) is 36.7 Å². The molecule has 3 rings (SSSR count). The molecule has 1 N–H and O–H groups in total. The van der Waals surface area contributed by atoms with Gasteiger partial charge in [-0.15, -0.1) is 0 Å². The van der Waals surface area contributed by atoms with Gasteiger partial charge in [-0.1, -0.05) is 18.2 Å². The van der Waals surface area contributed by atoms with Crippen LogP contribution >= 0.6 is 0 Å². The Morgan fingerprint density at radius 1 is 1.26 bits per heavy atom. The number of alkyl halides is 3. The molecule has 0 saturated heterocycles. The zero-order valence-corrected chi connectivity index (χ0v) is 9.98. The quantitative estimate of drug-likeness (QED) is 0.857. The minimum absolute atomic E-state index is 0.282. The topological polar surface area (TPSA) is 29.9 Å². The lowest BCUT2D eigenvalue weighted by molar-refractivity contribution is -0.138. The van der Waals surface area contributed by atoms with Crippen molar-refractivity contribution in [3.8, 4) is 0 Å². The van der Waals surface area contributed by atoms with Crippen LogP contribution in [-0.2, 0) is 12.7 Å². The van der Waals surface area contributed by atoms with Crippen molar-refractivity contribution < 1.29 is 13.2 Å². The third-order valence-corrected chi connectivity index (χ3v) is 3.32. The Balaban J connectivity index is 1.96. The Kier molecular flexibility index (Phi) is 2.73. The summed E-state index contributed by atoms with van der Waals surface area (Å²) in [4.78, 5) is 4.09. The highest BCUT2D eigenvalue weighted by molar-refractivity contribution is 5.40. The molecule has 1 unspecified atom stereocenters. The summed E-state index contributed by atoms with van der Waals surface area (Å²) in [6.07, 6.45) is -0.268. The van der Waals surface area contributed by atoms with Gasteiger partial charge in [0, 0.05) is 18.9 Å². The highest BCUT2D eigenvalue weighted by Gasteiger charge is 2.35. The van der Waals surface area contributed by atoms with Gasteiger partial charge < -0.3 is 9.88 Å². The van der Waals surface area contributed by atoms with Gasteiger partial charge in [-0.2, -0.15) is 13.2 Å². The van der Waals surface area contributed by atoms with Crippen LogP contribution in [-0.4, -0.2) is 9.55 Å². The van der Waals surface area contributed by atoms with Gasteiger partial charge in [-0.25, -0.2) is 4.98 Å². The molecule has 1 aromatic carbocycles. The number of halogens is 3. The van der Waals surface area contributed by atoms with E-state index in [1.54, 1.807) is 12.3 Å². The molecule has 6 heteroatoms. The van der Waals surface area contributed by atoms with Gasteiger partial charge in [0.25, 0.3) is 0 Å². The van der Waals surface area contributed by atoms with Crippen molar-refractivity contribution in [3.05, 3.63) is 47.8 Å². The molecule has 3 nitrogen and oxygen atoms in total. The number of nitrogens with one attached hydrogen (secondary N) is 1. The number of fused-ring (bicyclic) bond motifs is 1. The summed E-state index contributed by atoms with van der Waals surface area (Å²) in [5.41, 5.74) is -0.295. The summed E-state index contributed by atoms with van der Waals surface area (Å²) < 4.78 is 40.9. The summed E-state index contributed by atoms with van der Waals surface area (Å²) in [6, 6.07) is 5.34. The first-order valence-corrected chi connectivity index (χ1v) is 5.99. The molecule has 0 bridgehead atoms. The Bertz CT molecular complexity index is 589. The Labute approximate surface area is 108 Å². The fourth-order valence-electron chi connectivity index (χ4n) is 2.42. The van der Waals surface area contributed by atoms with Crippen LogP contribution in [0, 0.1) is 0 Å². The van der Waals surface area contributed by atoms with Crippen LogP contribution in [0.25, 0.3) is 0 Å². The van der Waals surface area contributed by atoms with Gasteiger partial charge in [0.1, 0.15) is 0 Å². The first-order chi connectivity index (χ1) is 9.05. The number of rotatable bonds is 1. The number of anilines is 1. The van der Waals surface area contributed by atoms with Gasteiger partial charge >= 0.3 is 6.18 Å². The average molecular weight is 267 g/mol. The lowest BCUT2D eigenvalue weighted by Crippen LogP contribution is -2.24. The van der Waals surface area contributed by atoms with E-state index in [9.17, 15) is 13.2 Å². The van der Waals surface area contributed by atoms with Crippen molar-refractivity contribution in [1.82, 2.24) is 9.55 Å². The van der Waals surface area contributed by atoms with Crippen molar-refractivity contribution in [2.24, 2.45) is 0 Å². The number of aromatic nitrogens is 2. The van der Waals surface area contributed by atoms with E-state index in [0.29, 0.717) is 18.9 Å². The van der Waals surface area contributed by atoms with Crippen LogP contribution < -0.4 is 5.32 Å². The minimum atomic E-state index is -4.33. The average Bonchev–Trinajstić information content (AvgIpc) is 2.85. The third-order valence-electron chi connectivity index (χ3n) is 3.32. The smallest absolute Gasteiger partial charge is 0.349 e. The van der Waals surface area contributed by atoms with E-state index in [1.807, 2.05) is 10.8 Å². The van der Waals surface area contributed by atoms with Crippen molar-refractivity contribution >= 4 is 5.95 Å². The summed E-state index contributed by atoms with van der Waals surface area (Å²) in [5, 5.41) is 3.06. The number of benzene rings is 1. The van der Waals surface area contributed by atoms with E-state index >= 15 is 0 Å². The van der Waals surface area contributed by atoms with Gasteiger partial charge in [-0.05, 0) is 18.1 Å². The van der Waals surface area contributed by atoms with Crippen LogP contribution in [0.1, 0.15) is 23.6 Å². The summed E-state index contributed by atoms with van der Waals surface area (Å²) in [5.74, 6) is 0.619. The predicted octanol–water partition coefficient (Wildman–Crippen LogP) is 3.46. The highest BCUT2D eigenvalue weighted by atomic mass is 19.4. The Hall–Kier alpha value is -1.98. The Morgan fingerprint density at radius 2 is 2.05 bits per heavy atom. The molecular weight excluding hydrogens is 255 g/mol. The SMILES string of the molecule is FC(F)(F)c1ccccc1C1CCn2ccnc2N1. The molecule has 1 aliphatic rings. The van der Waals surface area contributed by atoms with E-state index < -0.39 is 11.7 Å². The largest absolute Gasteiger partial charge is 0.416 e. The molecular formula is C13H12F3N3. The maximum absolute atomic E-state index is 13.0. The second kappa shape index (κ2) is 4.29. The molecule has 1 atom stereocenters.